The Kier molecular flexibility index (Phi) is 6.75. The van der Waals surface area contributed by atoms with Gasteiger partial charge in [-0.05, 0) is 48.6 Å². The molecule has 0 saturated carbocycles. The number of nitrogens with one attached hydrogen (secondary N) is 1. The molecule has 0 unspecified atom stereocenters. The first-order chi connectivity index (χ1) is 12.4. The first-order valence-electron chi connectivity index (χ1n) is 9.08. The number of anilines is 2. The van der Waals surface area contributed by atoms with Crippen molar-refractivity contribution in [1.82, 2.24) is 9.97 Å². The molecule has 0 aliphatic heterocycles. The fraction of sp³-hybridized carbons (Fsp3) is 0.429. The molecular formula is C21H30N4O. The molecule has 0 bridgehead atoms. The van der Waals surface area contributed by atoms with Crippen molar-refractivity contribution in [2.45, 2.75) is 40.0 Å². The molecule has 0 spiro atoms. The number of nitrogens with zero attached hydrogens (tertiary/aromatic N) is 2. The Morgan fingerprint density at radius 3 is 2.62 bits per heavy atom. The third kappa shape index (κ3) is 4.41. The van der Waals surface area contributed by atoms with E-state index in [1.54, 1.807) is 7.11 Å². The summed E-state index contributed by atoms with van der Waals surface area (Å²) < 4.78 is 5.16. The number of ether oxygens (including phenoxy) is 1. The van der Waals surface area contributed by atoms with E-state index in [4.69, 9.17) is 20.4 Å². The lowest BCUT2D eigenvalue weighted by Gasteiger charge is -2.17. The van der Waals surface area contributed by atoms with Gasteiger partial charge in [0, 0.05) is 24.9 Å². The van der Waals surface area contributed by atoms with Crippen LogP contribution in [0.4, 0.5) is 11.5 Å². The Morgan fingerprint density at radius 2 is 2.04 bits per heavy atom. The number of aryl methyl sites for hydroxylation is 1. The summed E-state index contributed by atoms with van der Waals surface area (Å²) in [6.07, 6.45) is 0.840. The predicted octanol–water partition coefficient (Wildman–Crippen LogP) is 4.50. The summed E-state index contributed by atoms with van der Waals surface area (Å²) >= 11 is 0. The minimum atomic E-state index is 0.350. The Labute approximate surface area is 156 Å². The molecule has 0 radical (unpaired) electrons. The maximum atomic E-state index is 6.17. The molecule has 0 fully saturated rings. The Morgan fingerprint density at radius 1 is 1.31 bits per heavy atom. The molecule has 0 atom stereocenters. The van der Waals surface area contributed by atoms with Gasteiger partial charge in [-0.15, -0.1) is 0 Å². The summed E-state index contributed by atoms with van der Waals surface area (Å²) in [6, 6.07) is 6.17. The van der Waals surface area contributed by atoms with Crippen molar-refractivity contribution in [1.29, 1.82) is 0 Å². The molecular weight excluding hydrogens is 324 g/mol. The van der Waals surface area contributed by atoms with Gasteiger partial charge < -0.3 is 15.8 Å². The van der Waals surface area contributed by atoms with Crippen LogP contribution in [-0.4, -0.2) is 30.2 Å². The zero-order valence-electron chi connectivity index (χ0n) is 16.5. The third-order valence-electron chi connectivity index (χ3n) is 4.28. The number of rotatable bonds is 8. The van der Waals surface area contributed by atoms with Crippen LogP contribution in [0, 0.1) is 0 Å². The van der Waals surface area contributed by atoms with Crippen LogP contribution in [-0.2, 0) is 11.2 Å². The van der Waals surface area contributed by atoms with Gasteiger partial charge in [-0.1, -0.05) is 27.4 Å². The van der Waals surface area contributed by atoms with Gasteiger partial charge in [0.2, 0.25) is 0 Å². The number of allylic oxidation sites excluding steroid dienone is 1. The average Bonchev–Trinajstić information content (AvgIpc) is 2.61. The van der Waals surface area contributed by atoms with Crippen LogP contribution in [0.25, 0.3) is 16.8 Å². The summed E-state index contributed by atoms with van der Waals surface area (Å²) in [4.78, 5) is 9.67. The van der Waals surface area contributed by atoms with Crippen molar-refractivity contribution >= 4 is 17.1 Å². The highest BCUT2D eigenvalue weighted by atomic mass is 16.5. The first-order valence-corrected chi connectivity index (χ1v) is 9.08. The van der Waals surface area contributed by atoms with Crippen LogP contribution in [0.3, 0.4) is 0 Å². The van der Waals surface area contributed by atoms with Gasteiger partial charge in [0.25, 0.3) is 0 Å². The quantitative estimate of drug-likeness (QED) is 0.683. The highest BCUT2D eigenvalue weighted by Gasteiger charge is 2.16. The van der Waals surface area contributed by atoms with Gasteiger partial charge >= 0.3 is 0 Å². The van der Waals surface area contributed by atoms with Crippen molar-refractivity contribution in [3.8, 4) is 11.3 Å². The zero-order valence-corrected chi connectivity index (χ0v) is 16.5. The third-order valence-corrected chi connectivity index (χ3v) is 4.28. The molecule has 2 heterocycles. The number of hydrogen-bond acceptors (Lipinski definition) is 5. The van der Waals surface area contributed by atoms with Crippen LogP contribution >= 0.6 is 0 Å². The Hall–Kier alpha value is -2.40. The highest BCUT2D eigenvalue weighted by molar-refractivity contribution is 5.80. The van der Waals surface area contributed by atoms with Gasteiger partial charge in [0.1, 0.15) is 5.82 Å². The van der Waals surface area contributed by atoms with Gasteiger partial charge in [-0.25, -0.2) is 9.97 Å². The molecule has 0 aliphatic rings. The maximum Gasteiger partial charge on any atom is 0.135 e. The standard InChI is InChI=1S/C21H30N4O/c1-7-15-12-17(22)19(14(4)5)25-20(15)16-8-9-18(13(2)3)24-21(16)23-10-11-26-6/h8-9,12-13H,4,7,10-11,22H2,1-3,5-6H3,(H,23,24). The summed E-state index contributed by atoms with van der Waals surface area (Å²) in [5.74, 6) is 1.18. The van der Waals surface area contributed by atoms with Crippen molar-refractivity contribution in [3.05, 3.63) is 41.7 Å². The van der Waals surface area contributed by atoms with E-state index in [0.717, 1.165) is 46.0 Å². The molecule has 5 nitrogen and oxygen atoms in total. The number of nitrogens with two attached hydrogens (primary N) is 1. The van der Waals surface area contributed by atoms with Crippen molar-refractivity contribution in [2.24, 2.45) is 0 Å². The molecule has 2 rings (SSSR count). The van der Waals surface area contributed by atoms with E-state index in [0.29, 0.717) is 24.8 Å². The Balaban J connectivity index is 2.61. The van der Waals surface area contributed by atoms with E-state index in [9.17, 15) is 0 Å². The van der Waals surface area contributed by atoms with E-state index >= 15 is 0 Å². The number of nitrogen functional groups attached to an aromatic ring is 1. The van der Waals surface area contributed by atoms with Crippen molar-refractivity contribution in [2.75, 3.05) is 31.3 Å². The van der Waals surface area contributed by atoms with Crippen LogP contribution in [0.2, 0.25) is 0 Å². The molecule has 2 aromatic heterocycles. The van der Waals surface area contributed by atoms with Crippen LogP contribution in [0.1, 0.15) is 50.6 Å². The second-order valence-corrected chi connectivity index (χ2v) is 6.77. The molecule has 3 N–H and O–H groups in total. The summed E-state index contributed by atoms with van der Waals surface area (Å²) in [5, 5.41) is 3.39. The van der Waals surface area contributed by atoms with E-state index in [1.807, 2.05) is 13.0 Å². The smallest absolute Gasteiger partial charge is 0.135 e. The summed E-state index contributed by atoms with van der Waals surface area (Å²) in [5.41, 5.74) is 12.5. The highest BCUT2D eigenvalue weighted by Crippen LogP contribution is 2.33. The molecule has 0 aromatic carbocycles. The van der Waals surface area contributed by atoms with E-state index < -0.39 is 0 Å². The van der Waals surface area contributed by atoms with Crippen LogP contribution in [0.15, 0.2) is 24.8 Å². The van der Waals surface area contributed by atoms with Gasteiger partial charge in [-0.3, -0.25) is 0 Å². The van der Waals surface area contributed by atoms with Crippen molar-refractivity contribution in [3.63, 3.8) is 0 Å². The van der Waals surface area contributed by atoms with Crippen molar-refractivity contribution < 1.29 is 4.74 Å². The lowest BCUT2D eigenvalue weighted by Crippen LogP contribution is -2.12. The van der Waals surface area contributed by atoms with Gasteiger partial charge in [-0.2, -0.15) is 0 Å². The molecule has 0 saturated heterocycles. The molecule has 140 valence electrons. The molecule has 26 heavy (non-hydrogen) atoms. The molecule has 2 aromatic rings. The molecule has 0 aliphatic carbocycles. The number of aromatic nitrogens is 2. The van der Waals surface area contributed by atoms with E-state index in [2.05, 4.69) is 44.8 Å². The van der Waals surface area contributed by atoms with Crippen LogP contribution in [0.5, 0.6) is 0 Å². The monoisotopic (exact) mass is 354 g/mol. The minimum absolute atomic E-state index is 0.350. The predicted molar refractivity (Wildman–Crippen MR) is 110 cm³/mol. The topological polar surface area (TPSA) is 73.1 Å². The maximum absolute atomic E-state index is 6.17. The number of pyridine rings is 2. The largest absolute Gasteiger partial charge is 0.397 e. The zero-order chi connectivity index (χ0) is 19.3. The minimum Gasteiger partial charge on any atom is -0.397 e. The lowest BCUT2D eigenvalue weighted by atomic mass is 10.00. The fourth-order valence-electron chi connectivity index (χ4n) is 2.81. The first kappa shape index (κ1) is 19.9. The molecule has 5 heteroatoms. The average molecular weight is 354 g/mol. The normalized spacial score (nSPS) is 11.0. The van der Waals surface area contributed by atoms with Gasteiger partial charge in [0.05, 0.1) is 23.7 Å². The second kappa shape index (κ2) is 8.81. The van der Waals surface area contributed by atoms with E-state index in [1.165, 1.54) is 0 Å². The Bertz CT molecular complexity index is 784. The van der Waals surface area contributed by atoms with Crippen LogP contribution < -0.4 is 11.1 Å². The number of hydrogen-bond donors (Lipinski definition) is 2. The summed E-state index contributed by atoms with van der Waals surface area (Å²) in [7, 11) is 1.69. The lowest BCUT2D eigenvalue weighted by molar-refractivity contribution is 0.210. The van der Waals surface area contributed by atoms with Gasteiger partial charge in [0.15, 0.2) is 0 Å². The molecule has 0 amide bonds. The van der Waals surface area contributed by atoms with E-state index in [-0.39, 0.29) is 0 Å². The SMILES string of the molecule is C=C(C)c1nc(-c2ccc(C(C)C)nc2NCCOC)c(CC)cc1N. The summed E-state index contributed by atoms with van der Waals surface area (Å²) in [6.45, 7) is 13.6. The second-order valence-electron chi connectivity index (χ2n) is 6.77. The fourth-order valence-corrected chi connectivity index (χ4v) is 2.81. The number of methoxy groups -OCH3 is 1.